The van der Waals surface area contributed by atoms with E-state index in [2.05, 4.69) is 16.0 Å². The second-order valence-corrected chi connectivity index (χ2v) is 3.95. The molecule has 0 saturated heterocycles. The van der Waals surface area contributed by atoms with Crippen molar-refractivity contribution >= 4 is 11.8 Å². The van der Waals surface area contributed by atoms with E-state index in [-0.39, 0.29) is 5.95 Å². The molecule has 5 heteroatoms. The first-order valence-electron chi connectivity index (χ1n) is 5.38. The first-order chi connectivity index (χ1) is 8.24. The first-order valence-corrected chi connectivity index (χ1v) is 5.38. The van der Waals surface area contributed by atoms with Crippen LogP contribution in [0.1, 0.15) is 5.56 Å². The normalized spacial score (nSPS) is 13.2. The molecule has 0 saturated carbocycles. The van der Waals surface area contributed by atoms with Crippen LogP contribution in [0.25, 0.3) is 11.1 Å². The zero-order chi connectivity index (χ0) is 11.8. The van der Waals surface area contributed by atoms with Crippen LogP contribution in [0.2, 0.25) is 0 Å². The third-order valence-corrected chi connectivity index (χ3v) is 2.84. The molecule has 0 aliphatic carbocycles. The number of aromatic nitrogens is 2. The Hall–Kier alpha value is -2.30. The number of benzene rings is 1. The monoisotopic (exact) mass is 228 g/mol. The lowest BCUT2D eigenvalue weighted by Gasteiger charge is -2.06. The van der Waals surface area contributed by atoms with Gasteiger partial charge in [-0.15, -0.1) is 0 Å². The van der Waals surface area contributed by atoms with Crippen molar-refractivity contribution in [2.24, 2.45) is 0 Å². The standard InChI is InChI=1S/C12H12N4O/c13-11-9(6-15-12(14)16-11)7-1-2-10-8(5-7)3-4-17-10/h1-2,5-6H,3-4H2,(H4,13,14,15,16). The molecule has 0 unspecified atom stereocenters. The first kappa shape index (κ1) is 9.89. The highest BCUT2D eigenvalue weighted by Gasteiger charge is 2.14. The van der Waals surface area contributed by atoms with Gasteiger partial charge in [-0.25, -0.2) is 4.98 Å². The van der Waals surface area contributed by atoms with Gasteiger partial charge in [-0.2, -0.15) is 4.98 Å². The highest BCUT2D eigenvalue weighted by molar-refractivity contribution is 5.74. The molecule has 3 rings (SSSR count). The number of nitrogen functional groups attached to an aromatic ring is 2. The van der Waals surface area contributed by atoms with E-state index in [4.69, 9.17) is 16.2 Å². The van der Waals surface area contributed by atoms with Crippen LogP contribution in [0.4, 0.5) is 11.8 Å². The van der Waals surface area contributed by atoms with E-state index in [9.17, 15) is 0 Å². The van der Waals surface area contributed by atoms with E-state index < -0.39 is 0 Å². The zero-order valence-corrected chi connectivity index (χ0v) is 9.18. The summed E-state index contributed by atoms with van der Waals surface area (Å²) >= 11 is 0. The average molecular weight is 228 g/mol. The Kier molecular flexibility index (Phi) is 2.11. The summed E-state index contributed by atoms with van der Waals surface area (Å²) in [5, 5.41) is 0. The minimum absolute atomic E-state index is 0.191. The van der Waals surface area contributed by atoms with Crippen LogP contribution >= 0.6 is 0 Å². The molecule has 2 heterocycles. The zero-order valence-electron chi connectivity index (χ0n) is 9.18. The fourth-order valence-electron chi connectivity index (χ4n) is 1.99. The summed E-state index contributed by atoms with van der Waals surface area (Å²) in [6.45, 7) is 0.743. The van der Waals surface area contributed by atoms with Gasteiger partial charge in [-0.1, -0.05) is 6.07 Å². The Morgan fingerprint density at radius 2 is 2.12 bits per heavy atom. The maximum atomic E-state index is 5.84. The quantitative estimate of drug-likeness (QED) is 0.766. The molecule has 1 aromatic heterocycles. The van der Waals surface area contributed by atoms with E-state index in [1.54, 1.807) is 6.20 Å². The Labute approximate surface area is 98.4 Å². The Balaban J connectivity index is 2.09. The van der Waals surface area contributed by atoms with Crippen LogP contribution in [-0.4, -0.2) is 16.6 Å². The number of fused-ring (bicyclic) bond motifs is 1. The number of anilines is 2. The summed E-state index contributed by atoms with van der Waals surface area (Å²) in [5.74, 6) is 1.54. The molecular weight excluding hydrogens is 216 g/mol. The fourth-order valence-corrected chi connectivity index (χ4v) is 1.99. The minimum atomic E-state index is 0.191. The van der Waals surface area contributed by atoms with Gasteiger partial charge in [0.2, 0.25) is 5.95 Å². The minimum Gasteiger partial charge on any atom is -0.493 e. The molecule has 1 aromatic carbocycles. The molecule has 1 aliphatic heterocycles. The molecule has 17 heavy (non-hydrogen) atoms. The molecule has 0 amide bonds. The van der Waals surface area contributed by atoms with Gasteiger partial charge in [0.1, 0.15) is 11.6 Å². The maximum absolute atomic E-state index is 5.84. The highest BCUT2D eigenvalue weighted by atomic mass is 16.5. The van der Waals surface area contributed by atoms with Gasteiger partial charge < -0.3 is 16.2 Å². The van der Waals surface area contributed by atoms with Crippen molar-refractivity contribution in [1.29, 1.82) is 0 Å². The van der Waals surface area contributed by atoms with Crippen LogP contribution in [-0.2, 0) is 6.42 Å². The molecule has 5 nitrogen and oxygen atoms in total. The third kappa shape index (κ3) is 1.65. The van der Waals surface area contributed by atoms with E-state index in [0.717, 1.165) is 29.9 Å². The van der Waals surface area contributed by atoms with Crippen molar-refractivity contribution in [3.8, 4) is 16.9 Å². The molecule has 0 atom stereocenters. The number of nitrogens with two attached hydrogens (primary N) is 2. The molecule has 86 valence electrons. The second kappa shape index (κ2) is 3.62. The van der Waals surface area contributed by atoms with Crippen molar-refractivity contribution in [1.82, 2.24) is 9.97 Å². The van der Waals surface area contributed by atoms with Crippen molar-refractivity contribution in [2.45, 2.75) is 6.42 Å². The van der Waals surface area contributed by atoms with E-state index in [1.165, 1.54) is 5.56 Å². The lowest BCUT2D eigenvalue weighted by atomic mass is 10.0. The molecule has 1 aliphatic rings. The van der Waals surface area contributed by atoms with Gasteiger partial charge in [0.05, 0.1) is 6.61 Å². The van der Waals surface area contributed by atoms with Gasteiger partial charge in [-0.05, 0) is 23.3 Å². The molecular formula is C12H12N4O. The van der Waals surface area contributed by atoms with E-state index >= 15 is 0 Å². The molecule has 0 spiro atoms. The van der Waals surface area contributed by atoms with Crippen molar-refractivity contribution in [2.75, 3.05) is 18.1 Å². The van der Waals surface area contributed by atoms with Crippen LogP contribution in [0.15, 0.2) is 24.4 Å². The van der Waals surface area contributed by atoms with Gasteiger partial charge in [-0.3, -0.25) is 0 Å². The van der Waals surface area contributed by atoms with Gasteiger partial charge >= 0.3 is 0 Å². The number of hydrogen-bond acceptors (Lipinski definition) is 5. The molecule has 4 N–H and O–H groups in total. The Bertz CT molecular complexity index is 583. The van der Waals surface area contributed by atoms with Gasteiger partial charge in [0.15, 0.2) is 0 Å². The van der Waals surface area contributed by atoms with Gasteiger partial charge in [0.25, 0.3) is 0 Å². The Morgan fingerprint density at radius 1 is 1.24 bits per heavy atom. The molecule has 0 radical (unpaired) electrons. The third-order valence-electron chi connectivity index (χ3n) is 2.84. The topological polar surface area (TPSA) is 87.0 Å². The Morgan fingerprint density at radius 3 is 2.94 bits per heavy atom. The smallest absolute Gasteiger partial charge is 0.221 e. The summed E-state index contributed by atoms with van der Waals surface area (Å²) < 4.78 is 5.46. The number of nitrogens with zero attached hydrogens (tertiary/aromatic N) is 2. The van der Waals surface area contributed by atoms with Crippen LogP contribution in [0, 0.1) is 0 Å². The maximum Gasteiger partial charge on any atom is 0.221 e. The molecule has 0 bridgehead atoms. The van der Waals surface area contributed by atoms with E-state index in [0.29, 0.717) is 5.82 Å². The van der Waals surface area contributed by atoms with Crippen molar-refractivity contribution in [3.63, 3.8) is 0 Å². The summed E-state index contributed by atoms with van der Waals surface area (Å²) in [5.41, 5.74) is 14.3. The van der Waals surface area contributed by atoms with Crippen LogP contribution in [0.3, 0.4) is 0 Å². The number of hydrogen-bond donors (Lipinski definition) is 2. The van der Waals surface area contributed by atoms with Gasteiger partial charge in [0, 0.05) is 18.2 Å². The summed E-state index contributed by atoms with van der Waals surface area (Å²) in [4.78, 5) is 7.92. The predicted molar refractivity (Wildman–Crippen MR) is 65.5 cm³/mol. The highest BCUT2D eigenvalue weighted by Crippen LogP contribution is 2.31. The molecule has 2 aromatic rings. The lowest BCUT2D eigenvalue weighted by molar-refractivity contribution is 0.357. The summed E-state index contributed by atoms with van der Waals surface area (Å²) in [6, 6.07) is 5.97. The van der Waals surface area contributed by atoms with Crippen LogP contribution < -0.4 is 16.2 Å². The van der Waals surface area contributed by atoms with Crippen molar-refractivity contribution < 1.29 is 4.74 Å². The fraction of sp³-hybridized carbons (Fsp3) is 0.167. The number of rotatable bonds is 1. The summed E-state index contributed by atoms with van der Waals surface area (Å²) in [6.07, 6.45) is 2.58. The van der Waals surface area contributed by atoms with E-state index in [1.807, 2.05) is 12.1 Å². The SMILES string of the molecule is Nc1ncc(-c2ccc3c(c2)CCO3)c(N)n1. The molecule has 0 fully saturated rings. The second-order valence-electron chi connectivity index (χ2n) is 3.95. The largest absolute Gasteiger partial charge is 0.493 e. The predicted octanol–water partition coefficient (Wildman–Crippen LogP) is 1.24. The lowest BCUT2D eigenvalue weighted by Crippen LogP contribution is -2.01. The van der Waals surface area contributed by atoms with Crippen LogP contribution in [0.5, 0.6) is 5.75 Å². The van der Waals surface area contributed by atoms with Crippen molar-refractivity contribution in [3.05, 3.63) is 30.0 Å². The number of ether oxygens (including phenoxy) is 1. The summed E-state index contributed by atoms with van der Waals surface area (Å²) in [7, 11) is 0. The average Bonchev–Trinajstić information content (AvgIpc) is 2.75.